The first kappa shape index (κ1) is 15.2. The molecule has 112 valence electrons. The van der Waals surface area contributed by atoms with Crippen molar-refractivity contribution in [1.29, 1.82) is 0 Å². The molecule has 5 nitrogen and oxygen atoms in total. The van der Waals surface area contributed by atoms with E-state index in [1.807, 2.05) is 20.8 Å². The average Bonchev–Trinajstić information content (AvgIpc) is 2.84. The molecule has 0 saturated carbocycles. The smallest absolute Gasteiger partial charge is 0.257 e. The summed E-state index contributed by atoms with van der Waals surface area (Å²) in [4.78, 5) is 15.9. The van der Waals surface area contributed by atoms with Crippen molar-refractivity contribution in [2.24, 2.45) is 5.41 Å². The van der Waals surface area contributed by atoms with Gasteiger partial charge in [-0.05, 0) is 29.7 Å². The number of carbonyl (C=O) groups is 1. The Kier molecular flexibility index (Phi) is 4.35. The van der Waals surface area contributed by atoms with Gasteiger partial charge in [0.05, 0.1) is 6.54 Å². The number of amides is 1. The molecule has 1 amide bonds. The first-order valence-corrected chi connectivity index (χ1v) is 6.69. The summed E-state index contributed by atoms with van der Waals surface area (Å²) in [7, 11) is 0. The number of benzene rings is 1. The van der Waals surface area contributed by atoms with E-state index in [4.69, 9.17) is 4.52 Å². The van der Waals surface area contributed by atoms with Gasteiger partial charge in [0.1, 0.15) is 5.82 Å². The number of nitrogens with one attached hydrogen (secondary N) is 1. The third-order valence-corrected chi connectivity index (χ3v) is 2.69. The van der Waals surface area contributed by atoms with Gasteiger partial charge >= 0.3 is 0 Å². The molecule has 2 aromatic rings. The maximum absolute atomic E-state index is 12.8. The zero-order valence-corrected chi connectivity index (χ0v) is 12.3. The van der Waals surface area contributed by atoms with Crippen molar-refractivity contribution in [2.45, 2.75) is 33.7 Å². The third kappa shape index (κ3) is 4.66. The van der Waals surface area contributed by atoms with Crippen LogP contribution in [0.15, 0.2) is 28.8 Å². The largest absolute Gasteiger partial charge is 0.349 e. The molecule has 0 atom stereocenters. The minimum absolute atomic E-state index is 0.0596. The van der Waals surface area contributed by atoms with Crippen LogP contribution in [0.25, 0.3) is 11.5 Å². The summed E-state index contributed by atoms with van der Waals surface area (Å²) < 4.78 is 17.9. The van der Waals surface area contributed by atoms with Crippen molar-refractivity contribution >= 4 is 5.91 Å². The van der Waals surface area contributed by atoms with Crippen molar-refractivity contribution in [1.82, 2.24) is 15.5 Å². The van der Waals surface area contributed by atoms with Crippen LogP contribution in [-0.2, 0) is 11.3 Å². The van der Waals surface area contributed by atoms with E-state index in [0.29, 0.717) is 23.7 Å². The van der Waals surface area contributed by atoms with E-state index in [0.717, 1.165) is 0 Å². The summed E-state index contributed by atoms with van der Waals surface area (Å²) in [6.07, 6.45) is 0.426. The normalized spacial score (nSPS) is 11.4. The second kappa shape index (κ2) is 6.03. The van der Waals surface area contributed by atoms with E-state index in [9.17, 15) is 9.18 Å². The van der Waals surface area contributed by atoms with Gasteiger partial charge in [-0.2, -0.15) is 4.98 Å². The minimum atomic E-state index is -0.326. The van der Waals surface area contributed by atoms with E-state index < -0.39 is 0 Å². The van der Waals surface area contributed by atoms with Crippen LogP contribution in [0.1, 0.15) is 33.0 Å². The lowest BCUT2D eigenvalue weighted by atomic mass is 9.92. The standard InChI is InChI=1S/C15H18FN3O2/c1-15(2,3)8-13(20)17-9-12-18-14(21-19-12)10-4-6-11(16)7-5-10/h4-7H,8-9H2,1-3H3,(H,17,20). The molecule has 0 bridgehead atoms. The van der Waals surface area contributed by atoms with Gasteiger partial charge in [0.15, 0.2) is 5.82 Å². The molecular weight excluding hydrogens is 273 g/mol. The number of hydrogen-bond acceptors (Lipinski definition) is 4. The maximum atomic E-state index is 12.8. The van der Waals surface area contributed by atoms with Gasteiger partial charge in [0.2, 0.25) is 5.91 Å². The Morgan fingerprint density at radius 1 is 1.29 bits per heavy atom. The number of halogens is 1. The van der Waals surface area contributed by atoms with Crippen molar-refractivity contribution < 1.29 is 13.7 Å². The highest BCUT2D eigenvalue weighted by Gasteiger charge is 2.16. The molecule has 1 aromatic carbocycles. The summed E-state index contributed by atoms with van der Waals surface area (Å²) in [6, 6.07) is 5.77. The van der Waals surface area contributed by atoms with Gasteiger partial charge in [-0.15, -0.1) is 0 Å². The van der Waals surface area contributed by atoms with E-state index >= 15 is 0 Å². The number of hydrogen-bond donors (Lipinski definition) is 1. The predicted octanol–water partition coefficient (Wildman–Crippen LogP) is 2.93. The van der Waals surface area contributed by atoms with Gasteiger partial charge < -0.3 is 9.84 Å². The molecule has 1 aromatic heterocycles. The Balaban J connectivity index is 1.94. The molecule has 0 radical (unpaired) electrons. The lowest BCUT2D eigenvalue weighted by molar-refractivity contribution is -0.123. The molecule has 1 N–H and O–H groups in total. The van der Waals surface area contributed by atoms with Gasteiger partial charge in [0, 0.05) is 12.0 Å². The second-order valence-electron chi connectivity index (χ2n) is 6.04. The summed E-state index contributed by atoms with van der Waals surface area (Å²) in [5.74, 6) is 0.301. The highest BCUT2D eigenvalue weighted by atomic mass is 19.1. The molecule has 0 aliphatic rings. The van der Waals surface area contributed by atoms with E-state index in [-0.39, 0.29) is 23.7 Å². The number of nitrogens with zero attached hydrogens (tertiary/aromatic N) is 2. The molecule has 0 aliphatic heterocycles. The quantitative estimate of drug-likeness (QED) is 0.940. The molecule has 1 heterocycles. The Bertz CT molecular complexity index is 615. The van der Waals surface area contributed by atoms with Crippen LogP contribution in [0.3, 0.4) is 0 Å². The Morgan fingerprint density at radius 3 is 2.57 bits per heavy atom. The Morgan fingerprint density at radius 2 is 1.95 bits per heavy atom. The van der Waals surface area contributed by atoms with E-state index in [2.05, 4.69) is 15.5 Å². The number of carbonyl (C=O) groups excluding carboxylic acids is 1. The second-order valence-corrected chi connectivity index (χ2v) is 6.04. The highest BCUT2D eigenvalue weighted by molar-refractivity contribution is 5.76. The summed E-state index contributed by atoms with van der Waals surface area (Å²) in [6.45, 7) is 6.19. The zero-order valence-electron chi connectivity index (χ0n) is 12.3. The van der Waals surface area contributed by atoms with Crippen molar-refractivity contribution in [3.63, 3.8) is 0 Å². The van der Waals surface area contributed by atoms with Crippen LogP contribution in [0, 0.1) is 11.2 Å². The van der Waals surface area contributed by atoms with Crippen LogP contribution in [-0.4, -0.2) is 16.0 Å². The van der Waals surface area contributed by atoms with Gasteiger partial charge in [0.25, 0.3) is 5.89 Å². The monoisotopic (exact) mass is 291 g/mol. The SMILES string of the molecule is CC(C)(C)CC(=O)NCc1noc(-c2ccc(F)cc2)n1. The zero-order chi connectivity index (χ0) is 15.5. The molecule has 0 unspecified atom stereocenters. The molecule has 21 heavy (non-hydrogen) atoms. The first-order valence-electron chi connectivity index (χ1n) is 6.69. The molecular formula is C15H18FN3O2. The van der Waals surface area contributed by atoms with Gasteiger partial charge in [-0.25, -0.2) is 4.39 Å². The van der Waals surface area contributed by atoms with Crippen molar-refractivity contribution in [3.8, 4) is 11.5 Å². The summed E-state index contributed by atoms with van der Waals surface area (Å²) in [5.41, 5.74) is 0.567. The van der Waals surface area contributed by atoms with Crippen molar-refractivity contribution in [2.75, 3.05) is 0 Å². The van der Waals surface area contributed by atoms with Gasteiger partial charge in [-0.3, -0.25) is 4.79 Å². The fraction of sp³-hybridized carbons (Fsp3) is 0.400. The van der Waals surface area contributed by atoms with E-state index in [1.54, 1.807) is 12.1 Å². The summed E-state index contributed by atoms with van der Waals surface area (Å²) >= 11 is 0. The van der Waals surface area contributed by atoms with Crippen LogP contribution < -0.4 is 5.32 Å². The maximum Gasteiger partial charge on any atom is 0.257 e. The third-order valence-electron chi connectivity index (χ3n) is 2.69. The van der Waals surface area contributed by atoms with Gasteiger partial charge in [-0.1, -0.05) is 25.9 Å². The molecule has 0 aliphatic carbocycles. The van der Waals surface area contributed by atoms with Crippen LogP contribution in [0.4, 0.5) is 4.39 Å². The minimum Gasteiger partial charge on any atom is -0.349 e. The molecule has 2 rings (SSSR count). The molecule has 6 heteroatoms. The van der Waals surface area contributed by atoms with Crippen LogP contribution >= 0.6 is 0 Å². The average molecular weight is 291 g/mol. The fourth-order valence-electron chi connectivity index (χ4n) is 1.76. The number of aromatic nitrogens is 2. The Labute approximate surface area is 122 Å². The van der Waals surface area contributed by atoms with Crippen LogP contribution in [0.5, 0.6) is 0 Å². The van der Waals surface area contributed by atoms with Crippen molar-refractivity contribution in [3.05, 3.63) is 35.9 Å². The fourth-order valence-corrected chi connectivity index (χ4v) is 1.76. The topological polar surface area (TPSA) is 68.0 Å². The lowest BCUT2D eigenvalue weighted by Gasteiger charge is -2.16. The first-order chi connectivity index (χ1) is 9.83. The number of rotatable bonds is 4. The Hall–Kier alpha value is -2.24. The van der Waals surface area contributed by atoms with E-state index in [1.165, 1.54) is 12.1 Å². The predicted molar refractivity (Wildman–Crippen MR) is 75.6 cm³/mol. The molecule has 0 spiro atoms. The molecule has 0 saturated heterocycles. The highest BCUT2D eigenvalue weighted by Crippen LogP contribution is 2.19. The molecule has 0 fully saturated rings. The lowest BCUT2D eigenvalue weighted by Crippen LogP contribution is -2.27. The summed E-state index contributed by atoms with van der Waals surface area (Å²) in [5, 5.41) is 6.53. The van der Waals surface area contributed by atoms with Crippen LogP contribution in [0.2, 0.25) is 0 Å².